The van der Waals surface area contributed by atoms with Gasteiger partial charge in [-0.15, -0.1) is 0 Å². The van der Waals surface area contributed by atoms with Gasteiger partial charge in [0.2, 0.25) is 11.8 Å². The van der Waals surface area contributed by atoms with Crippen LogP contribution in [0.25, 0.3) is 6.08 Å². The number of aromatic hydroxyl groups is 1. The molecule has 10 heteroatoms. The zero-order valence-corrected chi connectivity index (χ0v) is 23.4. The van der Waals surface area contributed by atoms with Crippen LogP contribution in [0.15, 0.2) is 41.0 Å². The Morgan fingerprint density at radius 2 is 1.88 bits per heavy atom. The average Bonchev–Trinajstić information content (AvgIpc) is 3.16. The highest BCUT2D eigenvalue weighted by Gasteiger charge is 2.57. The molecule has 2 amide bonds. The minimum atomic E-state index is -1.03. The molecule has 2 saturated heterocycles. The molecule has 0 unspecified atom stereocenters. The predicted octanol–water partition coefficient (Wildman–Crippen LogP) is 4.05. The van der Waals surface area contributed by atoms with Crippen LogP contribution in [0.5, 0.6) is 5.75 Å². The van der Waals surface area contributed by atoms with E-state index in [0.29, 0.717) is 38.7 Å². The molecule has 0 bridgehead atoms. The van der Waals surface area contributed by atoms with Crippen LogP contribution in [0.1, 0.15) is 63.9 Å². The van der Waals surface area contributed by atoms with Crippen molar-refractivity contribution in [3.8, 4) is 5.75 Å². The number of ether oxygens (including phenoxy) is 1. The molecule has 0 aromatic heterocycles. The van der Waals surface area contributed by atoms with E-state index in [-0.39, 0.29) is 48.9 Å². The molecule has 9 nitrogen and oxygen atoms in total. The molecule has 3 aliphatic rings. The summed E-state index contributed by atoms with van der Waals surface area (Å²) in [6.07, 6.45) is 6.39. The molecule has 2 fully saturated rings. The van der Waals surface area contributed by atoms with Crippen LogP contribution in [0.2, 0.25) is 6.32 Å². The Balaban J connectivity index is 1.52. The van der Waals surface area contributed by atoms with E-state index in [9.17, 15) is 24.5 Å². The highest BCUT2D eigenvalue weighted by atomic mass is 16.5. The summed E-state index contributed by atoms with van der Waals surface area (Å²) in [5.41, 5.74) is 4.18. The van der Waals surface area contributed by atoms with Crippen molar-refractivity contribution in [3.63, 3.8) is 0 Å². The van der Waals surface area contributed by atoms with Gasteiger partial charge in [0.25, 0.3) is 0 Å². The quantitative estimate of drug-likeness (QED) is 0.144. The van der Waals surface area contributed by atoms with Crippen LogP contribution >= 0.6 is 0 Å². The maximum Gasteiger partial charge on any atom is 0.455 e. The van der Waals surface area contributed by atoms with E-state index in [1.807, 2.05) is 12.1 Å². The number of carboxylic acids is 1. The van der Waals surface area contributed by atoms with E-state index in [2.05, 4.69) is 13.0 Å². The molecule has 1 aromatic carbocycles. The Labute approximate surface area is 236 Å². The van der Waals surface area contributed by atoms with Gasteiger partial charge in [-0.3, -0.25) is 19.3 Å². The maximum atomic E-state index is 13.6. The number of carboxylic acid groups (broad SMARTS) is 1. The topological polar surface area (TPSA) is 134 Å². The summed E-state index contributed by atoms with van der Waals surface area (Å²) in [6.45, 7) is 2.72. The van der Waals surface area contributed by atoms with Crippen molar-refractivity contribution in [1.29, 1.82) is 0 Å². The Kier molecular flexibility index (Phi) is 10.2. The van der Waals surface area contributed by atoms with Crippen LogP contribution in [0.3, 0.4) is 0 Å². The predicted molar refractivity (Wildman–Crippen MR) is 150 cm³/mol. The number of carbonyl (C=O) groups excluding carboxylic acids is 2. The van der Waals surface area contributed by atoms with Crippen molar-refractivity contribution in [2.45, 2.75) is 70.7 Å². The van der Waals surface area contributed by atoms with E-state index in [0.717, 1.165) is 29.6 Å². The average molecular weight is 553 g/mol. The van der Waals surface area contributed by atoms with Crippen LogP contribution in [0.4, 0.5) is 0 Å². The third kappa shape index (κ3) is 6.85. The number of hydrogen-bond donors (Lipinski definition) is 3. The van der Waals surface area contributed by atoms with Gasteiger partial charge >= 0.3 is 13.1 Å². The van der Waals surface area contributed by atoms with E-state index in [4.69, 9.17) is 14.5 Å². The second-order valence-corrected chi connectivity index (χ2v) is 11.1. The summed E-state index contributed by atoms with van der Waals surface area (Å²) in [5.74, 6) is -2.30. The Bertz CT molecular complexity index is 1150. The summed E-state index contributed by atoms with van der Waals surface area (Å²) in [5, 5.41) is 29.2. The number of hydrogen-bond acceptors (Lipinski definition) is 7. The van der Waals surface area contributed by atoms with Gasteiger partial charge in [0.1, 0.15) is 5.75 Å². The van der Waals surface area contributed by atoms with Gasteiger partial charge in [0.05, 0.1) is 24.5 Å². The number of fused-ring (bicyclic) bond motifs is 3. The number of nitrogens with zero attached hydrogens (tertiary/aromatic N) is 1. The summed E-state index contributed by atoms with van der Waals surface area (Å²) >= 11 is 0. The lowest BCUT2D eigenvalue weighted by Gasteiger charge is -2.43. The second kappa shape index (κ2) is 13.6. The van der Waals surface area contributed by atoms with Gasteiger partial charge < -0.3 is 24.6 Å². The van der Waals surface area contributed by atoms with E-state index in [1.165, 1.54) is 10.5 Å². The fraction of sp³-hybridized carbons (Fsp3) is 0.567. The van der Waals surface area contributed by atoms with Crippen LogP contribution in [0, 0.1) is 17.8 Å². The zero-order valence-electron chi connectivity index (χ0n) is 23.4. The molecule has 1 aliphatic carbocycles. The molecule has 3 N–H and O–H groups in total. The highest BCUT2D eigenvalue weighted by Crippen LogP contribution is 2.50. The second-order valence-electron chi connectivity index (χ2n) is 11.1. The standard InChI is InChI=1S/C30H40BNO8/c1-3-19(15-20-8-11-22(33)12-9-20)10-13-25-27-21(18-39-2)16-23-28(24(27)17-31(38)40-25)30(37)32(29(23)36)14-6-4-5-7-26(34)35/h8-9,11-12,15,23-25,28,33,38H,3-7,10,13-14,16-18H2,1-2H3,(H,34,35)/b19-15+/t23-,24+,25-,28-/m1/s1. The summed E-state index contributed by atoms with van der Waals surface area (Å²) in [4.78, 5) is 39.1. The number of aliphatic carboxylic acids is 1. The molecule has 2 aliphatic heterocycles. The van der Waals surface area contributed by atoms with Crippen molar-refractivity contribution < 1.29 is 39.0 Å². The molecule has 2 heterocycles. The van der Waals surface area contributed by atoms with Crippen molar-refractivity contribution >= 4 is 31.0 Å². The minimum Gasteiger partial charge on any atom is -0.508 e. The molecule has 40 heavy (non-hydrogen) atoms. The summed E-state index contributed by atoms with van der Waals surface area (Å²) in [6, 6.07) is 7.04. The van der Waals surface area contributed by atoms with Gasteiger partial charge in [0.15, 0.2) is 0 Å². The number of allylic oxidation sites excluding steroid dienone is 1. The van der Waals surface area contributed by atoms with Gasteiger partial charge in [-0.1, -0.05) is 37.1 Å². The first kappa shape index (κ1) is 30.0. The monoisotopic (exact) mass is 553 g/mol. The van der Waals surface area contributed by atoms with Gasteiger partial charge in [-0.05, 0) is 79.6 Å². The van der Waals surface area contributed by atoms with E-state index < -0.39 is 24.9 Å². The van der Waals surface area contributed by atoms with Crippen molar-refractivity contribution in [2.24, 2.45) is 17.8 Å². The third-order valence-corrected chi connectivity index (χ3v) is 8.44. The summed E-state index contributed by atoms with van der Waals surface area (Å²) < 4.78 is 11.6. The first-order chi connectivity index (χ1) is 19.2. The van der Waals surface area contributed by atoms with Crippen molar-refractivity contribution in [2.75, 3.05) is 20.3 Å². The lowest BCUT2D eigenvalue weighted by atomic mass is 9.58. The smallest absolute Gasteiger partial charge is 0.455 e. The van der Waals surface area contributed by atoms with Gasteiger partial charge in [0, 0.05) is 20.1 Å². The first-order valence-corrected chi connectivity index (χ1v) is 14.3. The fourth-order valence-electron chi connectivity index (χ4n) is 6.55. The first-order valence-electron chi connectivity index (χ1n) is 14.3. The molecule has 0 saturated carbocycles. The van der Waals surface area contributed by atoms with E-state index >= 15 is 0 Å². The Hall–Kier alpha value is -2.95. The largest absolute Gasteiger partial charge is 0.508 e. The van der Waals surface area contributed by atoms with Crippen molar-refractivity contribution in [1.82, 2.24) is 4.90 Å². The number of rotatable bonds is 13. The van der Waals surface area contributed by atoms with Gasteiger partial charge in [-0.25, -0.2) is 0 Å². The lowest BCUT2D eigenvalue weighted by molar-refractivity contribution is -0.141. The number of phenols is 1. The number of imide groups is 1. The molecule has 0 spiro atoms. The number of benzene rings is 1. The third-order valence-electron chi connectivity index (χ3n) is 8.44. The molecule has 0 radical (unpaired) electrons. The fourth-order valence-corrected chi connectivity index (χ4v) is 6.55. The molecule has 1 aromatic rings. The van der Waals surface area contributed by atoms with Crippen LogP contribution in [-0.2, 0) is 23.8 Å². The zero-order chi connectivity index (χ0) is 28.8. The number of methoxy groups -OCH3 is 1. The Morgan fingerprint density at radius 1 is 1.12 bits per heavy atom. The van der Waals surface area contributed by atoms with E-state index in [1.54, 1.807) is 19.2 Å². The lowest BCUT2D eigenvalue weighted by Crippen LogP contribution is -2.46. The van der Waals surface area contributed by atoms with Gasteiger partial charge in [-0.2, -0.15) is 0 Å². The highest BCUT2D eigenvalue weighted by molar-refractivity contribution is 6.43. The molecular weight excluding hydrogens is 513 g/mol. The minimum absolute atomic E-state index is 0.0754. The SMILES string of the molecule is CC/C(=C\c1ccc(O)cc1)CC[C@H]1OB(O)C[C@H]2C1=C(COC)C[C@H]1C(=O)N(CCCCCC(=O)O)C(=O)[C@H]12. The number of phenolic OH excluding ortho intramolecular Hbond substituents is 1. The van der Waals surface area contributed by atoms with Crippen LogP contribution < -0.4 is 0 Å². The molecule has 4 rings (SSSR count). The molecular formula is C30H40BNO8. The molecule has 216 valence electrons. The number of unbranched alkanes of at least 4 members (excludes halogenated alkanes) is 2. The summed E-state index contributed by atoms with van der Waals surface area (Å²) in [7, 11) is 0.587. The normalized spacial score (nSPS) is 24.9. The Morgan fingerprint density at radius 3 is 2.55 bits per heavy atom. The maximum absolute atomic E-state index is 13.6. The number of carbonyl (C=O) groups is 3. The molecule has 4 atom stereocenters. The number of likely N-dealkylation sites (tertiary alicyclic amines) is 1. The van der Waals surface area contributed by atoms with Crippen LogP contribution in [-0.4, -0.2) is 71.4 Å². The number of amides is 2. The van der Waals surface area contributed by atoms with Crippen molar-refractivity contribution in [3.05, 3.63) is 46.5 Å².